The maximum Gasteiger partial charge on any atom is 0.154 e. The van der Waals surface area contributed by atoms with Crippen LogP contribution in [0.4, 0.5) is 5.69 Å². The molecule has 0 aliphatic rings. The van der Waals surface area contributed by atoms with Crippen LogP contribution in [0.25, 0.3) is 0 Å². The zero-order chi connectivity index (χ0) is 12.1. The smallest absolute Gasteiger partial charge is 0.154 e. The number of ether oxygens (including phenoxy) is 1. The standard InChI is InChI=1S/C13H19NO2/c1-10(2)13(15)9-14(3)11-6-5-7-12(8-11)16-4/h5-8,10H,9H2,1-4H3. The van der Waals surface area contributed by atoms with Gasteiger partial charge in [-0.2, -0.15) is 0 Å². The van der Waals surface area contributed by atoms with E-state index < -0.39 is 0 Å². The van der Waals surface area contributed by atoms with Crippen molar-refractivity contribution in [3.63, 3.8) is 0 Å². The minimum atomic E-state index is 0.0769. The van der Waals surface area contributed by atoms with Crippen molar-refractivity contribution in [2.45, 2.75) is 13.8 Å². The predicted molar refractivity (Wildman–Crippen MR) is 66.1 cm³/mol. The molecule has 0 aromatic heterocycles. The molecule has 1 rings (SSSR count). The van der Waals surface area contributed by atoms with Gasteiger partial charge in [-0.25, -0.2) is 0 Å². The summed E-state index contributed by atoms with van der Waals surface area (Å²) in [7, 11) is 3.55. The summed E-state index contributed by atoms with van der Waals surface area (Å²) in [6.07, 6.45) is 0. The predicted octanol–water partition coefficient (Wildman–Crippen LogP) is 2.36. The van der Waals surface area contributed by atoms with Crippen LogP contribution in [-0.4, -0.2) is 26.5 Å². The van der Waals surface area contributed by atoms with Gasteiger partial charge in [0, 0.05) is 24.7 Å². The second-order valence-corrected chi connectivity index (χ2v) is 4.18. The van der Waals surface area contributed by atoms with Crippen LogP contribution >= 0.6 is 0 Å². The number of hydrogen-bond donors (Lipinski definition) is 0. The first kappa shape index (κ1) is 12.6. The van der Waals surface area contributed by atoms with E-state index in [4.69, 9.17) is 4.74 Å². The Labute approximate surface area is 97.0 Å². The number of rotatable bonds is 5. The molecule has 0 saturated carbocycles. The second-order valence-electron chi connectivity index (χ2n) is 4.18. The van der Waals surface area contributed by atoms with Gasteiger partial charge in [0.05, 0.1) is 13.7 Å². The molecule has 0 aliphatic carbocycles. The van der Waals surface area contributed by atoms with E-state index in [0.717, 1.165) is 11.4 Å². The summed E-state index contributed by atoms with van der Waals surface area (Å²) >= 11 is 0. The maximum atomic E-state index is 11.6. The van der Waals surface area contributed by atoms with Gasteiger partial charge in [0.1, 0.15) is 5.75 Å². The number of methoxy groups -OCH3 is 1. The Kier molecular flexibility index (Phi) is 4.35. The van der Waals surface area contributed by atoms with E-state index in [9.17, 15) is 4.79 Å². The highest BCUT2D eigenvalue weighted by molar-refractivity contribution is 5.85. The third-order valence-corrected chi connectivity index (χ3v) is 2.53. The van der Waals surface area contributed by atoms with Gasteiger partial charge >= 0.3 is 0 Å². The van der Waals surface area contributed by atoms with Crippen LogP contribution < -0.4 is 9.64 Å². The highest BCUT2D eigenvalue weighted by Gasteiger charge is 2.11. The maximum absolute atomic E-state index is 11.6. The Morgan fingerprint density at radius 1 is 1.44 bits per heavy atom. The lowest BCUT2D eigenvalue weighted by molar-refractivity contribution is -0.120. The van der Waals surface area contributed by atoms with Crippen molar-refractivity contribution in [1.82, 2.24) is 0 Å². The fraction of sp³-hybridized carbons (Fsp3) is 0.462. The van der Waals surface area contributed by atoms with Gasteiger partial charge in [0.2, 0.25) is 0 Å². The van der Waals surface area contributed by atoms with Crippen molar-refractivity contribution in [2.24, 2.45) is 5.92 Å². The van der Waals surface area contributed by atoms with Crippen LogP contribution in [0.15, 0.2) is 24.3 Å². The number of Topliss-reactive ketones (excluding diaryl/α,β-unsaturated/α-hetero) is 1. The lowest BCUT2D eigenvalue weighted by atomic mass is 10.1. The summed E-state index contributed by atoms with van der Waals surface area (Å²) in [4.78, 5) is 13.5. The van der Waals surface area contributed by atoms with E-state index in [1.165, 1.54) is 0 Å². The van der Waals surface area contributed by atoms with Gasteiger partial charge in [0.15, 0.2) is 5.78 Å². The molecular formula is C13H19NO2. The molecule has 1 aromatic rings. The number of hydrogen-bond acceptors (Lipinski definition) is 3. The second kappa shape index (κ2) is 5.54. The van der Waals surface area contributed by atoms with Gasteiger partial charge in [-0.15, -0.1) is 0 Å². The molecule has 0 heterocycles. The van der Waals surface area contributed by atoms with Gasteiger partial charge in [-0.05, 0) is 12.1 Å². The Morgan fingerprint density at radius 2 is 2.12 bits per heavy atom. The number of benzene rings is 1. The summed E-state index contributed by atoms with van der Waals surface area (Å²) in [5.41, 5.74) is 0.994. The SMILES string of the molecule is COc1cccc(N(C)CC(=O)C(C)C)c1. The van der Waals surface area contributed by atoms with E-state index in [-0.39, 0.29) is 11.7 Å². The van der Waals surface area contributed by atoms with E-state index in [2.05, 4.69) is 0 Å². The zero-order valence-corrected chi connectivity index (χ0v) is 10.4. The molecule has 0 aliphatic heterocycles. The number of nitrogens with zero attached hydrogens (tertiary/aromatic N) is 1. The van der Waals surface area contributed by atoms with Crippen LogP contribution in [0, 0.1) is 5.92 Å². The fourth-order valence-corrected chi connectivity index (χ4v) is 1.36. The quantitative estimate of drug-likeness (QED) is 0.764. The summed E-state index contributed by atoms with van der Waals surface area (Å²) in [5, 5.41) is 0. The monoisotopic (exact) mass is 221 g/mol. The number of carbonyl (C=O) groups excluding carboxylic acids is 1. The zero-order valence-electron chi connectivity index (χ0n) is 10.4. The minimum absolute atomic E-state index is 0.0769. The number of ketones is 1. The summed E-state index contributed by atoms with van der Waals surface area (Å²) in [5.74, 6) is 1.12. The van der Waals surface area contributed by atoms with E-state index in [0.29, 0.717) is 6.54 Å². The van der Waals surface area contributed by atoms with Gasteiger partial charge in [-0.3, -0.25) is 4.79 Å². The van der Waals surface area contributed by atoms with Crippen molar-refractivity contribution in [3.05, 3.63) is 24.3 Å². The lowest BCUT2D eigenvalue weighted by Gasteiger charge is -2.20. The molecule has 0 spiro atoms. The molecule has 0 radical (unpaired) electrons. The average Bonchev–Trinajstić information content (AvgIpc) is 2.28. The number of anilines is 1. The molecule has 3 nitrogen and oxygen atoms in total. The Bertz CT molecular complexity index is 361. The van der Waals surface area contributed by atoms with Crippen molar-refractivity contribution in [2.75, 3.05) is 25.6 Å². The molecule has 88 valence electrons. The van der Waals surface area contributed by atoms with E-state index >= 15 is 0 Å². The summed E-state index contributed by atoms with van der Waals surface area (Å²) in [6.45, 7) is 4.27. The molecule has 0 bridgehead atoms. The lowest BCUT2D eigenvalue weighted by Crippen LogP contribution is -2.28. The molecular weight excluding hydrogens is 202 g/mol. The summed E-state index contributed by atoms with van der Waals surface area (Å²) in [6, 6.07) is 7.70. The Balaban J connectivity index is 2.72. The highest BCUT2D eigenvalue weighted by Crippen LogP contribution is 2.19. The Morgan fingerprint density at radius 3 is 2.69 bits per heavy atom. The third-order valence-electron chi connectivity index (χ3n) is 2.53. The first-order valence-corrected chi connectivity index (χ1v) is 5.42. The largest absolute Gasteiger partial charge is 0.497 e. The van der Waals surface area contributed by atoms with Crippen molar-refractivity contribution < 1.29 is 9.53 Å². The molecule has 0 amide bonds. The van der Waals surface area contributed by atoms with Gasteiger partial charge in [-0.1, -0.05) is 19.9 Å². The molecule has 3 heteroatoms. The fourth-order valence-electron chi connectivity index (χ4n) is 1.36. The molecule has 0 saturated heterocycles. The molecule has 0 atom stereocenters. The first-order chi connectivity index (χ1) is 7.54. The van der Waals surface area contributed by atoms with Gasteiger partial charge in [0.25, 0.3) is 0 Å². The number of carbonyl (C=O) groups is 1. The van der Waals surface area contributed by atoms with Crippen LogP contribution in [0.3, 0.4) is 0 Å². The van der Waals surface area contributed by atoms with Crippen molar-refractivity contribution in [3.8, 4) is 5.75 Å². The van der Waals surface area contributed by atoms with Crippen LogP contribution in [-0.2, 0) is 4.79 Å². The average molecular weight is 221 g/mol. The van der Waals surface area contributed by atoms with Gasteiger partial charge < -0.3 is 9.64 Å². The molecule has 16 heavy (non-hydrogen) atoms. The van der Waals surface area contributed by atoms with Crippen molar-refractivity contribution >= 4 is 11.5 Å². The molecule has 0 N–H and O–H groups in total. The van der Waals surface area contributed by atoms with E-state index in [1.807, 2.05) is 50.1 Å². The Hall–Kier alpha value is -1.51. The van der Waals surface area contributed by atoms with Crippen LogP contribution in [0.2, 0.25) is 0 Å². The van der Waals surface area contributed by atoms with Crippen molar-refractivity contribution in [1.29, 1.82) is 0 Å². The van der Waals surface area contributed by atoms with Crippen LogP contribution in [0.1, 0.15) is 13.8 Å². The molecule has 0 unspecified atom stereocenters. The minimum Gasteiger partial charge on any atom is -0.497 e. The third kappa shape index (κ3) is 3.26. The molecule has 1 aromatic carbocycles. The summed E-state index contributed by atoms with van der Waals surface area (Å²) < 4.78 is 5.15. The number of likely N-dealkylation sites (N-methyl/N-ethyl adjacent to an activating group) is 1. The highest BCUT2D eigenvalue weighted by atomic mass is 16.5. The topological polar surface area (TPSA) is 29.5 Å². The first-order valence-electron chi connectivity index (χ1n) is 5.42. The molecule has 0 fully saturated rings. The van der Waals surface area contributed by atoms with Crippen LogP contribution in [0.5, 0.6) is 5.75 Å². The normalized spacial score (nSPS) is 10.3. The van der Waals surface area contributed by atoms with E-state index in [1.54, 1.807) is 7.11 Å².